The lowest BCUT2D eigenvalue weighted by molar-refractivity contribution is 0.0695. The van der Waals surface area contributed by atoms with Crippen LogP contribution in [0.4, 0.5) is 0 Å². The molecular formula is C12H14INO5S. The van der Waals surface area contributed by atoms with Gasteiger partial charge in [-0.25, -0.2) is 13.2 Å². The maximum Gasteiger partial charge on any atom is 0.336 e. The van der Waals surface area contributed by atoms with Gasteiger partial charge >= 0.3 is 5.97 Å². The summed E-state index contributed by atoms with van der Waals surface area (Å²) in [6.07, 6.45) is 0.634. The van der Waals surface area contributed by atoms with E-state index >= 15 is 0 Å². The zero-order chi connectivity index (χ0) is 14.8. The number of benzene rings is 1. The first kappa shape index (κ1) is 15.7. The maximum absolute atomic E-state index is 12.5. The lowest BCUT2D eigenvalue weighted by atomic mass is 10.2. The molecule has 2 rings (SSSR count). The Labute approximate surface area is 130 Å². The van der Waals surface area contributed by atoms with Crippen molar-refractivity contribution in [3.05, 3.63) is 27.3 Å². The van der Waals surface area contributed by atoms with Crippen LogP contribution < -0.4 is 0 Å². The molecule has 1 N–H and O–H groups in total. The van der Waals surface area contributed by atoms with Crippen molar-refractivity contribution in [2.75, 3.05) is 26.3 Å². The lowest BCUT2D eigenvalue weighted by Gasteiger charge is -2.19. The van der Waals surface area contributed by atoms with Gasteiger partial charge in [-0.3, -0.25) is 0 Å². The largest absolute Gasteiger partial charge is 0.478 e. The molecule has 0 saturated carbocycles. The third-order valence-corrected chi connectivity index (χ3v) is 5.82. The van der Waals surface area contributed by atoms with Crippen LogP contribution in [-0.4, -0.2) is 50.1 Å². The van der Waals surface area contributed by atoms with Gasteiger partial charge in [-0.15, -0.1) is 0 Å². The fraction of sp³-hybridized carbons (Fsp3) is 0.417. The molecule has 1 aromatic carbocycles. The van der Waals surface area contributed by atoms with Gasteiger partial charge in [0.2, 0.25) is 10.0 Å². The van der Waals surface area contributed by atoms with Crippen molar-refractivity contribution in [3.63, 3.8) is 0 Å². The number of carbonyl (C=O) groups is 1. The number of carboxylic acid groups (broad SMARTS) is 1. The van der Waals surface area contributed by atoms with Gasteiger partial charge < -0.3 is 9.84 Å². The number of aromatic carboxylic acids is 1. The number of halogens is 1. The first-order chi connectivity index (χ1) is 9.43. The molecule has 1 heterocycles. The van der Waals surface area contributed by atoms with Crippen LogP contribution in [0.5, 0.6) is 0 Å². The zero-order valence-corrected chi connectivity index (χ0v) is 13.6. The average molecular weight is 411 g/mol. The van der Waals surface area contributed by atoms with Gasteiger partial charge in [0, 0.05) is 23.3 Å². The monoisotopic (exact) mass is 411 g/mol. The second-order valence-corrected chi connectivity index (χ2v) is 7.42. The summed E-state index contributed by atoms with van der Waals surface area (Å²) in [5, 5.41) is 9.08. The molecule has 0 unspecified atom stereocenters. The van der Waals surface area contributed by atoms with Crippen LogP contribution in [0.1, 0.15) is 16.8 Å². The van der Waals surface area contributed by atoms with Crippen molar-refractivity contribution >= 4 is 38.6 Å². The predicted octanol–water partition coefficient (Wildman–Crippen LogP) is 1.40. The minimum absolute atomic E-state index is 0.00209. The Kier molecular flexibility index (Phi) is 4.99. The summed E-state index contributed by atoms with van der Waals surface area (Å²) in [6.45, 7) is 1.57. The number of nitrogens with zero attached hydrogens (tertiary/aromatic N) is 1. The summed E-state index contributed by atoms with van der Waals surface area (Å²) in [5.74, 6) is -1.13. The minimum atomic E-state index is -3.67. The van der Waals surface area contributed by atoms with Crippen molar-refractivity contribution < 1.29 is 23.1 Å². The first-order valence-corrected chi connectivity index (χ1v) is 8.55. The van der Waals surface area contributed by atoms with Crippen molar-refractivity contribution in [1.82, 2.24) is 4.31 Å². The summed E-state index contributed by atoms with van der Waals surface area (Å²) in [7, 11) is -3.67. The molecule has 0 bridgehead atoms. The molecule has 0 spiro atoms. The Morgan fingerprint density at radius 1 is 1.30 bits per heavy atom. The second kappa shape index (κ2) is 6.37. The van der Waals surface area contributed by atoms with Crippen LogP contribution in [0.25, 0.3) is 0 Å². The molecule has 1 saturated heterocycles. The number of hydrogen-bond donors (Lipinski definition) is 1. The van der Waals surface area contributed by atoms with Crippen LogP contribution in [0, 0.1) is 3.57 Å². The van der Waals surface area contributed by atoms with Gasteiger partial charge in [0.05, 0.1) is 17.1 Å². The molecule has 8 heteroatoms. The number of ether oxygens (including phenoxy) is 1. The summed E-state index contributed by atoms with van der Waals surface area (Å²) in [5.41, 5.74) is -0.00209. The molecule has 0 amide bonds. The third-order valence-electron chi connectivity index (χ3n) is 2.99. The molecule has 1 aliphatic heterocycles. The SMILES string of the molecule is O=C(O)c1cc(S(=O)(=O)N2CCCOCC2)ccc1I. The van der Waals surface area contributed by atoms with Gasteiger partial charge in [-0.2, -0.15) is 4.31 Å². The summed E-state index contributed by atoms with van der Waals surface area (Å²) in [4.78, 5) is 11.1. The van der Waals surface area contributed by atoms with Crippen LogP contribution >= 0.6 is 22.6 Å². The van der Waals surface area contributed by atoms with E-state index in [0.29, 0.717) is 29.7 Å². The molecule has 0 radical (unpaired) electrons. The Balaban J connectivity index is 2.38. The molecule has 0 aromatic heterocycles. The predicted molar refractivity (Wildman–Crippen MR) is 80.3 cm³/mol. The molecule has 1 aromatic rings. The van der Waals surface area contributed by atoms with Gasteiger partial charge in [0.15, 0.2) is 0 Å². The Morgan fingerprint density at radius 2 is 2.05 bits per heavy atom. The Bertz CT molecular complexity index is 608. The van der Waals surface area contributed by atoms with E-state index in [1.807, 2.05) is 22.6 Å². The molecule has 0 atom stereocenters. The molecular weight excluding hydrogens is 397 g/mol. The van der Waals surface area contributed by atoms with Crippen molar-refractivity contribution in [1.29, 1.82) is 0 Å². The van der Waals surface area contributed by atoms with E-state index in [-0.39, 0.29) is 17.0 Å². The van der Waals surface area contributed by atoms with Gasteiger partial charge in [0.1, 0.15) is 0 Å². The smallest absolute Gasteiger partial charge is 0.336 e. The fourth-order valence-electron chi connectivity index (χ4n) is 1.94. The van der Waals surface area contributed by atoms with Crippen molar-refractivity contribution in [2.24, 2.45) is 0 Å². The molecule has 1 aliphatic rings. The second-order valence-electron chi connectivity index (χ2n) is 4.32. The highest BCUT2D eigenvalue weighted by Crippen LogP contribution is 2.22. The van der Waals surface area contributed by atoms with Crippen LogP contribution in [0.2, 0.25) is 0 Å². The number of sulfonamides is 1. The van der Waals surface area contributed by atoms with E-state index in [1.54, 1.807) is 0 Å². The van der Waals surface area contributed by atoms with Gasteiger partial charge in [-0.1, -0.05) is 0 Å². The van der Waals surface area contributed by atoms with E-state index in [2.05, 4.69) is 0 Å². The van der Waals surface area contributed by atoms with E-state index in [4.69, 9.17) is 9.84 Å². The average Bonchev–Trinajstić information content (AvgIpc) is 2.67. The standard InChI is InChI=1S/C12H14INO5S/c13-11-3-2-9(8-10(11)12(15)16)20(17,18)14-4-1-6-19-7-5-14/h2-3,8H,1,4-7H2,(H,15,16). The van der Waals surface area contributed by atoms with E-state index in [0.717, 1.165) is 0 Å². The molecule has 6 nitrogen and oxygen atoms in total. The number of hydrogen-bond acceptors (Lipinski definition) is 4. The van der Waals surface area contributed by atoms with Crippen molar-refractivity contribution in [3.8, 4) is 0 Å². The highest BCUT2D eigenvalue weighted by atomic mass is 127. The molecule has 0 aliphatic carbocycles. The number of rotatable bonds is 3. The van der Waals surface area contributed by atoms with E-state index < -0.39 is 16.0 Å². The fourth-order valence-corrected chi connectivity index (χ4v) is 4.00. The Morgan fingerprint density at radius 3 is 2.75 bits per heavy atom. The first-order valence-electron chi connectivity index (χ1n) is 6.03. The normalized spacial score (nSPS) is 17.6. The van der Waals surface area contributed by atoms with Crippen LogP contribution in [0.3, 0.4) is 0 Å². The maximum atomic E-state index is 12.5. The summed E-state index contributed by atoms with van der Waals surface area (Å²) < 4.78 is 32.1. The van der Waals surface area contributed by atoms with E-state index in [1.165, 1.54) is 22.5 Å². The lowest BCUT2D eigenvalue weighted by Crippen LogP contribution is -2.33. The minimum Gasteiger partial charge on any atom is -0.478 e. The quantitative estimate of drug-likeness (QED) is 0.761. The van der Waals surface area contributed by atoms with E-state index in [9.17, 15) is 13.2 Å². The Hall–Kier alpha value is -0.710. The van der Waals surface area contributed by atoms with Gasteiger partial charge in [-0.05, 0) is 47.2 Å². The highest BCUT2D eigenvalue weighted by Gasteiger charge is 2.26. The van der Waals surface area contributed by atoms with Gasteiger partial charge in [0.25, 0.3) is 0 Å². The van der Waals surface area contributed by atoms with Crippen molar-refractivity contribution in [2.45, 2.75) is 11.3 Å². The molecule has 20 heavy (non-hydrogen) atoms. The molecule has 110 valence electrons. The zero-order valence-electron chi connectivity index (χ0n) is 10.6. The highest BCUT2D eigenvalue weighted by molar-refractivity contribution is 14.1. The topological polar surface area (TPSA) is 83.9 Å². The number of carboxylic acids is 1. The van der Waals surface area contributed by atoms with Crippen LogP contribution in [-0.2, 0) is 14.8 Å². The summed E-state index contributed by atoms with van der Waals surface area (Å²) in [6, 6.07) is 4.16. The summed E-state index contributed by atoms with van der Waals surface area (Å²) >= 11 is 1.87. The van der Waals surface area contributed by atoms with Crippen LogP contribution in [0.15, 0.2) is 23.1 Å². The molecule has 1 fully saturated rings. The third kappa shape index (κ3) is 3.30.